The molecule has 116 valence electrons. The van der Waals surface area contributed by atoms with Crippen LogP contribution in [0, 0.1) is 19.8 Å². The van der Waals surface area contributed by atoms with Crippen LogP contribution in [0.25, 0.3) is 0 Å². The summed E-state index contributed by atoms with van der Waals surface area (Å²) in [6.45, 7) is 4.76. The van der Waals surface area contributed by atoms with E-state index in [0.717, 1.165) is 18.4 Å². The van der Waals surface area contributed by atoms with Crippen molar-refractivity contribution in [2.75, 3.05) is 19.0 Å². The number of hydrogen-bond acceptors (Lipinski definition) is 5. The van der Waals surface area contributed by atoms with Crippen LogP contribution in [0.4, 0.5) is 0 Å². The molecule has 1 atom stereocenters. The lowest BCUT2D eigenvalue weighted by atomic mass is 10.1. The molecule has 2 heterocycles. The zero-order chi connectivity index (χ0) is 15.5. The number of hydrogen-bond donors (Lipinski definition) is 1. The molecular formula is C14H20N2O4S. The Labute approximate surface area is 125 Å². The molecule has 1 amide bonds. The van der Waals surface area contributed by atoms with Crippen molar-refractivity contribution in [3.63, 3.8) is 0 Å². The fourth-order valence-corrected chi connectivity index (χ4v) is 3.60. The third-order valence-corrected chi connectivity index (χ3v) is 4.95. The molecule has 0 saturated carbocycles. The number of aromatic nitrogens is 1. The van der Waals surface area contributed by atoms with Crippen molar-refractivity contribution in [1.82, 2.24) is 9.71 Å². The fourth-order valence-electron chi connectivity index (χ4n) is 2.24. The van der Waals surface area contributed by atoms with Gasteiger partial charge in [0.25, 0.3) is 5.91 Å². The van der Waals surface area contributed by atoms with Crippen molar-refractivity contribution >= 4 is 15.9 Å². The second-order valence-electron chi connectivity index (χ2n) is 5.39. The van der Waals surface area contributed by atoms with Gasteiger partial charge in [-0.25, -0.2) is 18.1 Å². The van der Waals surface area contributed by atoms with Crippen molar-refractivity contribution in [1.29, 1.82) is 0 Å². The molecule has 0 bridgehead atoms. The molecular weight excluding hydrogens is 292 g/mol. The zero-order valence-corrected chi connectivity index (χ0v) is 13.1. The standard InChI is InChI=1S/C14H20N2O4S/c1-10-5-6-13(15-11(10)2)14(17)16-21(18,19)9-12-4-3-7-20-8-12/h5-6,12H,3-4,7-9H2,1-2H3,(H,16,17). The lowest BCUT2D eigenvalue weighted by Crippen LogP contribution is -2.37. The number of ether oxygens (including phenoxy) is 1. The zero-order valence-electron chi connectivity index (χ0n) is 12.3. The Bertz CT molecular complexity index is 622. The third-order valence-electron chi connectivity index (χ3n) is 3.54. The van der Waals surface area contributed by atoms with Crippen molar-refractivity contribution in [3.8, 4) is 0 Å². The molecule has 1 fully saturated rings. The van der Waals surface area contributed by atoms with Gasteiger partial charge in [0.05, 0.1) is 12.4 Å². The predicted octanol–water partition coefficient (Wildman–Crippen LogP) is 1.18. The maximum atomic E-state index is 12.0. The number of amides is 1. The third kappa shape index (κ3) is 4.50. The second kappa shape index (κ2) is 6.53. The SMILES string of the molecule is Cc1ccc(C(=O)NS(=O)(=O)CC2CCCOC2)nc1C. The number of nitrogens with zero attached hydrogens (tertiary/aromatic N) is 1. The molecule has 0 radical (unpaired) electrons. The van der Waals surface area contributed by atoms with E-state index in [1.165, 1.54) is 6.07 Å². The van der Waals surface area contributed by atoms with Crippen LogP contribution in [0.2, 0.25) is 0 Å². The maximum Gasteiger partial charge on any atom is 0.283 e. The van der Waals surface area contributed by atoms with Crippen LogP contribution in [0.15, 0.2) is 12.1 Å². The smallest absolute Gasteiger partial charge is 0.283 e. The summed E-state index contributed by atoms with van der Waals surface area (Å²) in [5.41, 5.74) is 1.77. The van der Waals surface area contributed by atoms with E-state index < -0.39 is 15.9 Å². The highest BCUT2D eigenvalue weighted by Gasteiger charge is 2.24. The Morgan fingerprint density at radius 2 is 2.19 bits per heavy atom. The summed E-state index contributed by atoms with van der Waals surface area (Å²) in [7, 11) is -3.67. The quantitative estimate of drug-likeness (QED) is 0.902. The molecule has 7 heteroatoms. The Hall–Kier alpha value is -1.47. The molecule has 1 aliphatic heterocycles. The number of aryl methyl sites for hydroxylation is 2. The summed E-state index contributed by atoms with van der Waals surface area (Å²) in [5.74, 6) is -0.838. The highest BCUT2D eigenvalue weighted by molar-refractivity contribution is 7.90. The number of nitrogens with one attached hydrogen (secondary N) is 1. The highest BCUT2D eigenvalue weighted by Crippen LogP contribution is 2.15. The molecule has 1 aliphatic rings. The molecule has 0 aliphatic carbocycles. The molecule has 1 unspecified atom stereocenters. The van der Waals surface area contributed by atoms with E-state index in [1.54, 1.807) is 13.0 Å². The van der Waals surface area contributed by atoms with Crippen LogP contribution >= 0.6 is 0 Å². The largest absolute Gasteiger partial charge is 0.381 e. The van der Waals surface area contributed by atoms with Gasteiger partial charge in [-0.15, -0.1) is 0 Å². The lowest BCUT2D eigenvalue weighted by molar-refractivity contribution is 0.0624. The van der Waals surface area contributed by atoms with Gasteiger partial charge in [0.1, 0.15) is 5.69 Å². The number of carbonyl (C=O) groups is 1. The topological polar surface area (TPSA) is 85.4 Å². The van der Waals surface area contributed by atoms with E-state index in [9.17, 15) is 13.2 Å². The highest BCUT2D eigenvalue weighted by atomic mass is 32.2. The molecule has 6 nitrogen and oxygen atoms in total. The molecule has 0 spiro atoms. The monoisotopic (exact) mass is 312 g/mol. The van der Waals surface area contributed by atoms with E-state index in [2.05, 4.69) is 9.71 Å². The maximum absolute atomic E-state index is 12.0. The molecule has 1 N–H and O–H groups in total. The van der Waals surface area contributed by atoms with Crippen molar-refractivity contribution < 1.29 is 17.9 Å². The second-order valence-corrected chi connectivity index (χ2v) is 7.16. The Balaban J connectivity index is 2.01. The molecule has 2 rings (SSSR count). The first-order valence-electron chi connectivity index (χ1n) is 6.94. The first-order valence-corrected chi connectivity index (χ1v) is 8.59. The number of pyridine rings is 1. The van der Waals surface area contributed by atoms with Gasteiger partial charge >= 0.3 is 0 Å². The predicted molar refractivity (Wildman–Crippen MR) is 78.5 cm³/mol. The van der Waals surface area contributed by atoms with Gasteiger partial charge in [-0.05, 0) is 44.2 Å². The summed E-state index contributed by atoms with van der Waals surface area (Å²) >= 11 is 0. The minimum absolute atomic E-state index is 0.0586. The van der Waals surface area contributed by atoms with E-state index in [4.69, 9.17) is 4.74 Å². The Morgan fingerprint density at radius 3 is 2.81 bits per heavy atom. The van der Waals surface area contributed by atoms with Gasteiger partial charge in [-0.3, -0.25) is 4.79 Å². The van der Waals surface area contributed by atoms with Gasteiger partial charge in [0.15, 0.2) is 0 Å². The van der Waals surface area contributed by atoms with Crippen LogP contribution in [0.1, 0.15) is 34.6 Å². The van der Waals surface area contributed by atoms with Crippen LogP contribution < -0.4 is 4.72 Å². The van der Waals surface area contributed by atoms with E-state index >= 15 is 0 Å². The normalized spacial score (nSPS) is 19.2. The van der Waals surface area contributed by atoms with E-state index in [1.807, 2.05) is 6.92 Å². The molecule has 1 aromatic heterocycles. The first kappa shape index (κ1) is 15.9. The number of carbonyl (C=O) groups excluding carboxylic acids is 1. The van der Waals surface area contributed by atoms with Gasteiger partial charge < -0.3 is 4.74 Å². The van der Waals surface area contributed by atoms with Gasteiger partial charge in [-0.1, -0.05) is 6.07 Å². The summed E-state index contributed by atoms with van der Waals surface area (Å²) in [6.07, 6.45) is 1.66. The van der Waals surface area contributed by atoms with E-state index in [0.29, 0.717) is 18.9 Å². The average molecular weight is 312 g/mol. The molecule has 0 aromatic carbocycles. The Morgan fingerprint density at radius 1 is 1.43 bits per heavy atom. The number of sulfonamides is 1. The average Bonchev–Trinajstić information content (AvgIpc) is 2.41. The molecule has 1 aromatic rings. The minimum Gasteiger partial charge on any atom is -0.381 e. The minimum atomic E-state index is -3.67. The van der Waals surface area contributed by atoms with Gasteiger partial charge in [0.2, 0.25) is 10.0 Å². The van der Waals surface area contributed by atoms with Crippen LogP contribution in [-0.2, 0) is 14.8 Å². The summed E-state index contributed by atoms with van der Waals surface area (Å²) in [6, 6.07) is 3.27. The van der Waals surface area contributed by atoms with Crippen LogP contribution in [0.5, 0.6) is 0 Å². The number of rotatable bonds is 4. The van der Waals surface area contributed by atoms with Crippen LogP contribution in [0.3, 0.4) is 0 Å². The first-order chi connectivity index (χ1) is 9.87. The van der Waals surface area contributed by atoms with Crippen LogP contribution in [-0.4, -0.2) is 38.3 Å². The summed E-state index contributed by atoms with van der Waals surface area (Å²) in [4.78, 5) is 16.1. The molecule has 21 heavy (non-hydrogen) atoms. The van der Waals surface area contributed by atoms with Crippen molar-refractivity contribution in [2.24, 2.45) is 5.92 Å². The van der Waals surface area contributed by atoms with E-state index in [-0.39, 0.29) is 17.4 Å². The lowest BCUT2D eigenvalue weighted by Gasteiger charge is -2.21. The fraction of sp³-hybridized carbons (Fsp3) is 0.571. The summed E-state index contributed by atoms with van der Waals surface area (Å²) < 4.78 is 31.4. The Kier molecular flexibility index (Phi) is 4.95. The molecule has 1 saturated heterocycles. The summed E-state index contributed by atoms with van der Waals surface area (Å²) in [5, 5.41) is 0. The van der Waals surface area contributed by atoms with Gasteiger partial charge in [-0.2, -0.15) is 0 Å². The van der Waals surface area contributed by atoms with Crippen molar-refractivity contribution in [2.45, 2.75) is 26.7 Å². The van der Waals surface area contributed by atoms with Gasteiger partial charge in [0, 0.05) is 12.3 Å². The van der Waals surface area contributed by atoms with Crippen molar-refractivity contribution in [3.05, 3.63) is 29.1 Å².